The van der Waals surface area contributed by atoms with Crippen LogP contribution in [0.4, 0.5) is 9.80 Å². The van der Waals surface area contributed by atoms with E-state index in [1.165, 1.54) is 6.07 Å². The van der Waals surface area contributed by atoms with E-state index < -0.39 is 5.97 Å². The van der Waals surface area contributed by atoms with Crippen molar-refractivity contribution in [3.8, 4) is 0 Å². The summed E-state index contributed by atoms with van der Waals surface area (Å²) in [5.41, 5.74) is 0. The Morgan fingerprint density at radius 1 is 1.44 bits per heavy atom. The van der Waals surface area contributed by atoms with E-state index in [1.54, 1.807) is 6.07 Å². The summed E-state index contributed by atoms with van der Waals surface area (Å²) in [5, 5.41) is 14.5. The lowest BCUT2D eigenvalue weighted by molar-refractivity contribution is 0.0702. The third kappa shape index (κ3) is 3.90. The second kappa shape index (κ2) is 6.12. The first kappa shape index (κ1) is 12.5. The maximum Gasteiger partial charge on any atom is 0.345 e. The van der Waals surface area contributed by atoms with Gasteiger partial charge in [0.1, 0.15) is 4.88 Å². The molecule has 88 valence electrons. The van der Waals surface area contributed by atoms with Gasteiger partial charge in [-0.05, 0) is 18.6 Å². The molecule has 3 N–H and O–H groups in total. The summed E-state index contributed by atoms with van der Waals surface area (Å²) in [6, 6.07) is 2.74. The number of anilines is 1. The fourth-order valence-electron chi connectivity index (χ4n) is 1.05. The lowest BCUT2D eigenvalue weighted by Crippen LogP contribution is -2.29. The van der Waals surface area contributed by atoms with Crippen molar-refractivity contribution in [3.63, 3.8) is 0 Å². The third-order valence-electron chi connectivity index (χ3n) is 1.87. The maximum absolute atomic E-state index is 11.3. The molecule has 0 aliphatic rings. The van der Waals surface area contributed by atoms with Gasteiger partial charge in [-0.3, -0.25) is 5.32 Å². The Hall–Kier alpha value is -1.56. The molecule has 0 bridgehead atoms. The number of aromatic carboxylic acids is 1. The average Bonchev–Trinajstić information content (AvgIpc) is 2.66. The third-order valence-corrected chi connectivity index (χ3v) is 2.86. The number of urea groups is 1. The molecular formula is C10H14N2O3S. The number of hydrogen-bond donors (Lipinski definition) is 3. The van der Waals surface area contributed by atoms with Crippen molar-refractivity contribution in [2.45, 2.75) is 19.8 Å². The molecule has 0 fully saturated rings. The monoisotopic (exact) mass is 242 g/mol. The summed E-state index contributed by atoms with van der Waals surface area (Å²) in [7, 11) is 0. The molecule has 1 heterocycles. The Morgan fingerprint density at radius 3 is 2.75 bits per heavy atom. The van der Waals surface area contributed by atoms with Crippen LogP contribution in [-0.2, 0) is 0 Å². The summed E-state index contributed by atoms with van der Waals surface area (Å²) >= 11 is 1.04. The Kier molecular flexibility index (Phi) is 4.78. The fourth-order valence-corrected chi connectivity index (χ4v) is 1.79. The highest BCUT2D eigenvalue weighted by Crippen LogP contribution is 2.21. The van der Waals surface area contributed by atoms with E-state index in [2.05, 4.69) is 10.6 Å². The van der Waals surface area contributed by atoms with Crippen LogP contribution in [-0.4, -0.2) is 23.7 Å². The summed E-state index contributed by atoms with van der Waals surface area (Å²) in [5.74, 6) is -0.982. The fraction of sp³-hybridized carbons (Fsp3) is 0.400. The number of carbonyl (C=O) groups is 2. The maximum atomic E-state index is 11.3. The van der Waals surface area contributed by atoms with Gasteiger partial charge in [0.25, 0.3) is 0 Å². The van der Waals surface area contributed by atoms with Gasteiger partial charge in [-0.2, -0.15) is 0 Å². The van der Waals surface area contributed by atoms with Crippen LogP contribution in [0.2, 0.25) is 0 Å². The number of amides is 2. The number of carboxylic acid groups (broad SMARTS) is 1. The van der Waals surface area contributed by atoms with Gasteiger partial charge in [0, 0.05) is 6.54 Å². The van der Waals surface area contributed by atoms with E-state index in [0.717, 1.165) is 24.2 Å². The Morgan fingerprint density at radius 2 is 2.19 bits per heavy atom. The van der Waals surface area contributed by atoms with Crippen molar-refractivity contribution in [3.05, 3.63) is 17.0 Å². The van der Waals surface area contributed by atoms with E-state index in [1.807, 2.05) is 6.92 Å². The van der Waals surface area contributed by atoms with Gasteiger partial charge in [0.05, 0.1) is 5.00 Å². The van der Waals surface area contributed by atoms with E-state index in [4.69, 9.17) is 5.11 Å². The number of rotatable bonds is 5. The second-order valence-corrected chi connectivity index (χ2v) is 4.29. The quantitative estimate of drug-likeness (QED) is 0.693. The van der Waals surface area contributed by atoms with Gasteiger partial charge < -0.3 is 10.4 Å². The van der Waals surface area contributed by atoms with Gasteiger partial charge in [0.2, 0.25) is 0 Å². The largest absolute Gasteiger partial charge is 0.477 e. The van der Waals surface area contributed by atoms with Gasteiger partial charge >= 0.3 is 12.0 Å². The Labute approximate surface area is 97.5 Å². The molecule has 0 unspecified atom stereocenters. The number of hydrogen-bond acceptors (Lipinski definition) is 3. The number of unbranched alkanes of at least 4 members (excludes halogenated alkanes) is 1. The molecule has 6 heteroatoms. The van der Waals surface area contributed by atoms with Crippen molar-refractivity contribution in [2.24, 2.45) is 0 Å². The molecule has 0 saturated heterocycles. The van der Waals surface area contributed by atoms with Gasteiger partial charge in [0.15, 0.2) is 0 Å². The molecule has 16 heavy (non-hydrogen) atoms. The molecule has 2 amide bonds. The molecule has 0 radical (unpaired) electrons. The van der Waals surface area contributed by atoms with E-state index in [0.29, 0.717) is 11.5 Å². The second-order valence-electron chi connectivity index (χ2n) is 3.20. The molecule has 0 aliphatic heterocycles. The lowest BCUT2D eigenvalue weighted by Gasteiger charge is -2.04. The molecule has 0 aliphatic carbocycles. The molecule has 0 spiro atoms. The number of carboxylic acids is 1. The summed E-state index contributed by atoms with van der Waals surface area (Å²) < 4.78 is 0. The van der Waals surface area contributed by atoms with E-state index >= 15 is 0 Å². The normalized spacial score (nSPS) is 9.81. The molecule has 0 atom stereocenters. The van der Waals surface area contributed by atoms with Crippen LogP contribution in [0, 0.1) is 0 Å². The highest BCUT2D eigenvalue weighted by molar-refractivity contribution is 7.18. The van der Waals surface area contributed by atoms with Crippen LogP contribution in [0.5, 0.6) is 0 Å². The van der Waals surface area contributed by atoms with Crippen LogP contribution >= 0.6 is 11.3 Å². The Balaban J connectivity index is 2.40. The van der Waals surface area contributed by atoms with E-state index in [9.17, 15) is 9.59 Å². The van der Waals surface area contributed by atoms with Crippen molar-refractivity contribution >= 4 is 28.3 Å². The molecule has 1 aromatic rings. The zero-order valence-corrected chi connectivity index (χ0v) is 9.76. The minimum Gasteiger partial charge on any atom is -0.477 e. The Bertz CT molecular complexity index is 376. The summed E-state index contributed by atoms with van der Waals surface area (Å²) in [6.07, 6.45) is 1.95. The van der Waals surface area contributed by atoms with Gasteiger partial charge in [-0.1, -0.05) is 13.3 Å². The lowest BCUT2D eigenvalue weighted by atomic mass is 10.3. The molecule has 5 nitrogen and oxygen atoms in total. The standard InChI is InChI=1S/C10H14N2O3S/c1-2-3-6-11-10(15)12-8-5-4-7(16-8)9(13)14/h4-5H,2-3,6H2,1H3,(H,13,14)(H2,11,12,15). The number of carbonyl (C=O) groups excluding carboxylic acids is 1. The topological polar surface area (TPSA) is 78.4 Å². The predicted molar refractivity (Wildman–Crippen MR) is 63.2 cm³/mol. The first-order chi connectivity index (χ1) is 7.63. The predicted octanol–water partition coefficient (Wildman–Crippen LogP) is 2.37. The van der Waals surface area contributed by atoms with Crippen LogP contribution in [0.1, 0.15) is 29.4 Å². The smallest absolute Gasteiger partial charge is 0.345 e. The first-order valence-electron chi connectivity index (χ1n) is 5.01. The number of nitrogens with one attached hydrogen (secondary N) is 2. The summed E-state index contributed by atoms with van der Waals surface area (Å²) in [4.78, 5) is 22.1. The van der Waals surface area contributed by atoms with Crippen LogP contribution in [0.3, 0.4) is 0 Å². The van der Waals surface area contributed by atoms with Crippen LogP contribution < -0.4 is 10.6 Å². The first-order valence-corrected chi connectivity index (χ1v) is 5.83. The zero-order chi connectivity index (χ0) is 12.0. The molecule has 0 aromatic carbocycles. The molecule has 1 rings (SSSR count). The summed E-state index contributed by atoms with van der Waals surface area (Å²) in [6.45, 7) is 2.66. The van der Waals surface area contributed by atoms with Crippen molar-refractivity contribution in [2.75, 3.05) is 11.9 Å². The minimum absolute atomic E-state index is 0.212. The highest BCUT2D eigenvalue weighted by atomic mass is 32.1. The number of thiophene rings is 1. The van der Waals surface area contributed by atoms with Crippen LogP contribution in [0.15, 0.2) is 12.1 Å². The SMILES string of the molecule is CCCCNC(=O)Nc1ccc(C(=O)O)s1. The molecule has 1 aromatic heterocycles. The molecular weight excluding hydrogens is 228 g/mol. The van der Waals surface area contributed by atoms with Crippen LogP contribution in [0.25, 0.3) is 0 Å². The van der Waals surface area contributed by atoms with Crippen molar-refractivity contribution < 1.29 is 14.7 Å². The minimum atomic E-state index is -0.982. The van der Waals surface area contributed by atoms with Crippen molar-refractivity contribution in [1.82, 2.24) is 5.32 Å². The highest BCUT2D eigenvalue weighted by Gasteiger charge is 2.08. The zero-order valence-electron chi connectivity index (χ0n) is 8.95. The average molecular weight is 242 g/mol. The van der Waals surface area contributed by atoms with E-state index in [-0.39, 0.29) is 10.9 Å². The molecule has 0 saturated carbocycles. The van der Waals surface area contributed by atoms with Gasteiger partial charge in [-0.25, -0.2) is 9.59 Å². The van der Waals surface area contributed by atoms with Gasteiger partial charge in [-0.15, -0.1) is 11.3 Å². The van der Waals surface area contributed by atoms with Crippen molar-refractivity contribution in [1.29, 1.82) is 0 Å².